The largest absolute Gasteiger partial charge is 0.462 e. The normalized spacial score (nSPS) is 16.4. The van der Waals surface area contributed by atoms with E-state index in [1.807, 2.05) is 121 Å². The Kier molecular flexibility index (Phi) is 13.9. The van der Waals surface area contributed by atoms with Gasteiger partial charge in [-0.05, 0) is 73.9 Å². The first-order valence-electron chi connectivity index (χ1n) is 19.2. The summed E-state index contributed by atoms with van der Waals surface area (Å²) in [5.74, 6) is -1.07. The number of carbonyl (C=O) groups is 2. The number of esters is 2. The van der Waals surface area contributed by atoms with Gasteiger partial charge in [-0.1, -0.05) is 141 Å². The number of unbranched alkanes of at least 4 members (excludes halogenated alkanes) is 4. The van der Waals surface area contributed by atoms with E-state index in [1.54, 1.807) is 0 Å². The molecule has 0 unspecified atom stereocenters. The second-order valence-corrected chi connectivity index (χ2v) is 14.2. The first-order chi connectivity index (χ1) is 25.1. The fourth-order valence-electron chi connectivity index (χ4n) is 7.68. The second-order valence-electron chi connectivity index (χ2n) is 14.2. The SMILES string of the molecule is O=C(OC1CCN(CCCCCCCN2CCC(OC(=O)C(c3ccccc3)c3ccccc3)CC2)CC1)C(c1ccccc1)c1ccccc1. The molecule has 268 valence electrons. The van der Waals surface area contributed by atoms with Crippen molar-refractivity contribution >= 4 is 11.9 Å². The van der Waals surface area contributed by atoms with E-state index in [0.717, 1.165) is 87.2 Å². The highest BCUT2D eigenvalue weighted by Crippen LogP contribution is 2.29. The van der Waals surface area contributed by atoms with Gasteiger partial charge in [0.25, 0.3) is 0 Å². The molecule has 4 aromatic rings. The Morgan fingerprint density at radius 3 is 1.02 bits per heavy atom. The summed E-state index contributed by atoms with van der Waals surface area (Å²) >= 11 is 0. The number of likely N-dealkylation sites (tertiary alicyclic amines) is 2. The van der Waals surface area contributed by atoms with E-state index in [0.29, 0.717) is 0 Å². The third kappa shape index (κ3) is 10.9. The maximum Gasteiger partial charge on any atom is 0.318 e. The molecular weight excluding hydrogens is 633 g/mol. The predicted molar refractivity (Wildman–Crippen MR) is 204 cm³/mol. The number of ether oxygens (including phenoxy) is 2. The summed E-state index contributed by atoms with van der Waals surface area (Å²) < 4.78 is 12.2. The molecule has 0 N–H and O–H groups in total. The maximum atomic E-state index is 13.4. The number of piperidine rings is 2. The van der Waals surface area contributed by atoms with Gasteiger partial charge in [-0.3, -0.25) is 9.59 Å². The first-order valence-corrected chi connectivity index (χ1v) is 19.2. The van der Waals surface area contributed by atoms with Crippen LogP contribution in [0, 0.1) is 0 Å². The molecule has 2 saturated heterocycles. The maximum absolute atomic E-state index is 13.4. The number of carbonyl (C=O) groups excluding carboxylic acids is 2. The van der Waals surface area contributed by atoms with Gasteiger partial charge < -0.3 is 19.3 Å². The standard InChI is InChI=1S/C45H54N2O4/c48-44(42(36-18-8-4-9-19-36)37-20-10-5-11-21-37)50-40-26-32-46(33-27-40)30-16-2-1-3-17-31-47-34-28-41(29-35-47)51-45(49)43(38-22-12-6-13-23-38)39-24-14-7-15-25-39/h4-15,18-25,40-43H,1-3,16-17,26-35H2. The van der Waals surface area contributed by atoms with E-state index in [-0.39, 0.29) is 36.0 Å². The van der Waals surface area contributed by atoms with Crippen LogP contribution in [0.15, 0.2) is 121 Å². The van der Waals surface area contributed by atoms with Crippen molar-refractivity contribution in [3.8, 4) is 0 Å². The molecule has 4 aromatic carbocycles. The molecule has 0 radical (unpaired) electrons. The van der Waals surface area contributed by atoms with Crippen LogP contribution >= 0.6 is 0 Å². The van der Waals surface area contributed by atoms with Gasteiger partial charge in [0.05, 0.1) is 0 Å². The highest BCUT2D eigenvalue weighted by Gasteiger charge is 2.30. The first kappa shape index (κ1) is 36.5. The molecular formula is C45H54N2O4. The average molecular weight is 687 g/mol. The van der Waals surface area contributed by atoms with Crippen LogP contribution in [-0.4, -0.2) is 73.2 Å². The van der Waals surface area contributed by atoms with Crippen LogP contribution in [-0.2, 0) is 19.1 Å². The summed E-state index contributed by atoms with van der Waals surface area (Å²) in [5, 5.41) is 0. The highest BCUT2D eigenvalue weighted by atomic mass is 16.5. The molecule has 0 amide bonds. The Hall–Kier alpha value is -4.26. The summed E-state index contributed by atoms with van der Waals surface area (Å²) in [4.78, 5) is 31.9. The van der Waals surface area contributed by atoms with E-state index in [1.165, 1.54) is 32.1 Å². The van der Waals surface area contributed by atoms with Crippen LogP contribution in [0.1, 0.15) is 91.9 Å². The summed E-state index contributed by atoms with van der Waals surface area (Å²) in [6.07, 6.45) is 9.80. The molecule has 6 nitrogen and oxygen atoms in total. The van der Waals surface area contributed by atoms with Crippen molar-refractivity contribution in [1.29, 1.82) is 0 Å². The quantitative estimate of drug-likeness (QED) is 0.0869. The zero-order valence-corrected chi connectivity index (χ0v) is 30.0. The minimum absolute atomic E-state index is 0.0127. The Labute approximate surface area is 304 Å². The fraction of sp³-hybridized carbons (Fsp3) is 0.422. The van der Waals surface area contributed by atoms with E-state index < -0.39 is 0 Å². The molecule has 0 bridgehead atoms. The summed E-state index contributed by atoms with van der Waals surface area (Å²) in [7, 11) is 0. The zero-order chi connectivity index (χ0) is 35.1. The van der Waals surface area contributed by atoms with Crippen LogP contribution in [0.2, 0.25) is 0 Å². The molecule has 0 atom stereocenters. The molecule has 0 aromatic heterocycles. The van der Waals surface area contributed by atoms with Gasteiger partial charge in [-0.15, -0.1) is 0 Å². The van der Waals surface area contributed by atoms with E-state index in [9.17, 15) is 9.59 Å². The van der Waals surface area contributed by atoms with Gasteiger partial charge in [0.2, 0.25) is 0 Å². The van der Waals surface area contributed by atoms with Crippen molar-refractivity contribution in [2.45, 2.75) is 81.8 Å². The monoisotopic (exact) mass is 686 g/mol. The topological polar surface area (TPSA) is 59.1 Å². The van der Waals surface area contributed by atoms with Gasteiger partial charge >= 0.3 is 11.9 Å². The molecule has 0 spiro atoms. The zero-order valence-electron chi connectivity index (χ0n) is 30.0. The number of benzene rings is 4. The third-order valence-corrected chi connectivity index (χ3v) is 10.6. The van der Waals surface area contributed by atoms with Crippen molar-refractivity contribution in [1.82, 2.24) is 9.80 Å². The van der Waals surface area contributed by atoms with Crippen LogP contribution in [0.3, 0.4) is 0 Å². The van der Waals surface area contributed by atoms with Crippen LogP contribution in [0.25, 0.3) is 0 Å². The van der Waals surface area contributed by atoms with Gasteiger partial charge in [0, 0.05) is 26.2 Å². The number of hydrogen-bond acceptors (Lipinski definition) is 6. The van der Waals surface area contributed by atoms with E-state index >= 15 is 0 Å². The molecule has 2 fully saturated rings. The van der Waals surface area contributed by atoms with E-state index in [2.05, 4.69) is 9.80 Å². The fourth-order valence-corrected chi connectivity index (χ4v) is 7.68. The van der Waals surface area contributed by atoms with Gasteiger partial charge in [0.1, 0.15) is 24.0 Å². The lowest BCUT2D eigenvalue weighted by atomic mass is 9.91. The molecule has 2 aliphatic rings. The average Bonchev–Trinajstić information content (AvgIpc) is 3.18. The Balaban J connectivity index is 0.822. The molecule has 2 aliphatic heterocycles. The summed E-state index contributed by atoms with van der Waals surface area (Å²) in [6.45, 7) is 6.21. The Morgan fingerprint density at radius 1 is 0.451 bits per heavy atom. The highest BCUT2D eigenvalue weighted by molar-refractivity contribution is 5.83. The molecule has 51 heavy (non-hydrogen) atoms. The van der Waals surface area contributed by atoms with Crippen LogP contribution in [0.4, 0.5) is 0 Å². The lowest BCUT2D eigenvalue weighted by molar-refractivity contribution is -0.153. The summed E-state index contributed by atoms with van der Waals surface area (Å²) in [5.41, 5.74) is 3.91. The van der Waals surface area contributed by atoms with Crippen LogP contribution in [0.5, 0.6) is 0 Å². The van der Waals surface area contributed by atoms with Gasteiger partial charge in [-0.2, -0.15) is 0 Å². The van der Waals surface area contributed by atoms with Gasteiger partial charge in [0.15, 0.2) is 0 Å². The minimum atomic E-state index is -0.389. The molecule has 2 heterocycles. The minimum Gasteiger partial charge on any atom is -0.462 e. The van der Waals surface area contributed by atoms with Crippen molar-refractivity contribution < 1.29 is 19.1 Å². The Bertz CT molecular complexity index is 1380. The van der Waals surface area contributed by atoms with Gasteiger partial charge in [-0.25, -0.2) is 0 Å². The van der Waals surface area contributed by atoms with E-state index in [4.69, 9.17) is 9.47 Å². The molecule has 6 heteroatoms. The predicted octanol–water partition coefficient (Wildman–Crippen LogP) is 8.62. The lowest BCUT2D eigenvalue weighted by Gasteiger charge is -2.32. The number of nitrogens with zero attached hydrogens (tertiary/aromatic N) is 2. The van der Waals surface area contributed by atoms with Crippen molar-refractivity contribution in [3.63, 3.8) is 0 Å². The summed E-state index contributed by atoms with van der Waals surface area (Å²) in [6, 6.07) is 39.9. The second kappa shape index (κ2) is 19.4. The third-order valence-electron chi connectivity index (χ3n) is 10.6. The molecule has 0 aliphatic carbocycles. The van der Waals surface area contributed by atoms with Crippen molar-refractivity contribution in [2.75, 3.05) is 39.3 Å². The molecule has 0 saturated carbocycles. The smallest absolute Gasteiger partial charge is 0.318 e. The van der Waals surface area contributed by atoms with Crippen molar-refractivity contribution in [3.05, 3.63) is 144 Å². The molecule has 6 rings (SSSR count). The number of rotatable bonds is 16. The van der Waals surface area contributed by atoms with Crippen molar-refractivity contribution in [2.24, 2.45) is 0 Å². The number of hydrogen-bond donors (Lipinski definition) is 0. The lowest BCUT2D eigenvalue weighted by Crippen LogP contribution is -2.39. The Morgan fingerprint density at radius 2 is 0.725 bits per heavy atom. The van der Waals surface area contributed by atoms with Crippen LogP contribution < -0.4 is 0 Å².